The number of hydrogen-bond donors (Lipinski definition) is 2. The van der Waals surface area contributed by atoms with E-state index in [9.17, 15) is 18.3 Å². The van der Waals surface area contributed by atoms with Crippen molar-refractivity contribution in [3.8, 4) is 0 Å². The molecule has 0 aliphatic rings. The minimum absolute atomic E-state index is 0.0145. The lowest BCUT2D eigenvalue weighted by Crippen LogP contribution is -2.48. The molecule has 0 aromatic heterocycles. The van der Waals surface area contributed by atoms with Crippen LogP contribution in [0.3, 0.4) is 0 Å². The number of aliphatic carboxylic acids is 1. The molecule has 0 bridgehead atoms. The molecule has 1 aromatic rings. The zero-order valence-corrected chi connectivity index (χ0v) is 12.9. The quantitative estimate of drug-likeness (QED) is 0.589. The van der Waals surface area contributed by atoms with Crippen LogP contribution in [-0.4, -0.2) is 35.9 Å². The molecule has 0 aliphatic carbocycles. The Morgan fingerprint density at radius 1 is 1.38 bits per heavy atom. The second-order valence-corrected chi connectivity index (χ2v) is 6.72. The summed E-state index contributed by atoms with van der Waals surface area (Å²) in [7, 11) is -3.93. The zero-order valence-electron chi connectivity index (χ0n) is 12.1. The van der Waals surface area contributed by atoms with Gasteiger partial charge in [0, 0.05) is 11.7 Å². The normalized spacial score (nSPS) is 13.3. The van der Waals surface area contributed by atoms with E-state index in [2.05, 4.69) is 6.58 Å². The Labute approximate surface area is 124 Å². The molecule has 0 heterocycles. The van der Waals surface area contributed by atoms with E-state index in [0.29, 0.717) is 5.69 Å². The van der Waals surface area contributed by atoms with Gasteiger partial charge in [-0.1, -0.05) is 6.08 Å². The number of rotatable bonds is 7. The highest BCUT2D eigenvalue weighted by atomic mass is 32.2. The minimum atomic E-state index is -3.93. The summed E-state index contributed by atoms with van der Waals surface area (Å²) in [6, 6.07) is 3.97. The fraction of sp³-hybridized carbons (Fsp3) is 0.357. The number of carboxylic acid groups (broad SMARTS) is 1. The van der Waals surface area contributed by atoms with Crippen molar-refractivity contribution < 1.29 is 18.3 Å². The van der Waals surface area contributed by atoms with E-state index in [-0.39, 0.29) is 11.3 Å². The number of benzene rings is 1. The molecule has 6 nitrogen and oxygen atoms in total. The number of carboxylic acids is 1. The molecule has 0 radical (unpaired) electrons. The van der Waals surface area contributed by atoms with Crippen molar-refractivity contribution in [1.29, 1.82) is 0 Å². The van der Waals surface area contributed by atoms with Gasteiger partial charge in [-0.15, -0.1) is 6.58 Å². The Bertz CT molecular complexity index is 608. The van der Waals surface area contributed by atoms with Gasteiger partial charge >= 0.3 is 5.97 Å². The molecule has 3 N–H and O–H groups in total. The van der Waals surface area contributed by atoms with Crippen LogP contribution >= 0.6 is 0 Å². The summed E-state index contributed by atoms with van der Waals surface area (Å²) < 4.78 is 26.4. The van der Waals surface area contributed by atoms with Crippen molar-refractivity contribution in [3.05, 3.63) is 36.9 Å². The van der Waals surface area contributed by atoms with Crippen molar-refractivity contribution in [3.63, 3.8) is 0 Å². The second-order valence-electron chi connectivity index (χ2n) is 4.88. The third-order valence-electron chi connectivity index (χ3n) is 2.95. The van der Waals surface area contributed by atoms with Crippen LogP contribution in [0.2, 0.25) is 0 Å². The van der Waals surface area contributed by atoms with Crippen LogP contribution in [-0.2, 0) is 14.8 Å². The molecule has 7 heteroatoms. The standard InChI is InChI=1S/C14H20N2O4S/c1-4-5-13(14(17)18)16(10(2)3)21(19,20)12-8-6-11(15)7-9-12/h4,6-10,13H,1,5,15H2,2-3H3,(H,17,18). The molecule has 0 spiro atoms. The van der Waals surface area contributed by atoms with Gasteiger partial charge < -0.3 is 10.8 Å². The molecule has 21 heavy (non-hydrogen) atoms. The average molecular weight is 312 g/mol. The molecular weight excluding hydrogens is 292 g/mol. The SMILES string of the molecule is C=CCC(C(=O)O)N(C(C)C)S(=O)(=O)c1ccc(N)cc1. The average Bonchev–Trinajstić information content (AvgIpc) is 2.37. The van der Waals surface area contributed by atoms with Crippen molar-refractivity contribution in [2.75, 3.05) is 5.73 Å². The minimum Gasteiger partial charge on any atom is -0.480 e. The lowest BCUT2D eigenvalue weighted by Gasteiger charge is -2.30. The topological polar surface area (TPSA) is 101 Å². The number of sulfonamides is 1. The van der Waals surface area contributed by atoms with Crippen LogP contribution in [0.1, 0.15) is 20.3 Å². The summed E-state index contributed by atoms with van der Waals surface area (Å²) in [4.78, 5) is 11.4. The Hall–Kier alpha value is -1.86. The molecular formula is C14H20N2O4S. The van der Waals surface area contributed by atoms with Crippen LogP contribution in [0.25, 0.3) is 0 Å². The van der Waals surface area contributed by atoms with Crippen LogP contribution in [0.5, 0.6) is 0 Å². The highest BCUT2D eigenvalue weighted by molar-refractivity contribution is 7.89. The number of nitrogens with two attached hydrogens (primary N) is 1. The molecule has 0 saturated carbocycles. The van der Waals surface area contributed by atoms with Crippen LogP contribution < -0.4 is 5.73 Å². The summed E-state index contributed by atoms with van der Waals surface area (Å²) in [5, 5.41) is 9.30. The van der Waals surface area contributed by atoms with Gasteiger partial charge in [-0.05, 0) is 44.5 Å². The first-order valence-corrected chi connectivity index (χ1v) is 7.88. The van der Waals surface area contributed by atoms with Crippen molar-refractivity contribution in [2.24, 2.45) is 0 Å². The van der Waals surface area contributed by atoms with Crippen LogP contribution in [0.4, 0.5) is 5.69 Å². The molecule has 1 unspecified atom stereocenters. The van der Waals surface area contributed by atoms with Crippen LogP contribution in [0.15, 0.2) is 41.8 Å². The first-order valence-electron chi connectivity index (χ1n) is 6.44. The zero-order chi connectivity index (χ0) is 16.2. The van der Waals surface area contributed by atoms with Gasteiger partial charge in [0.25, 0.3) is 0 Å². The lowest BCUT2D eigenvalue weighted by molar-refractivity contribution is -0.141. The molecule has 0 saturated heterocycles. The number of nitrogens with zero attached hydrogens (tertiary/aromatic N) is 1. The van der Waals surface area contributed by atoms with Gasteiger partial charge in [-0.2, -0.15) is 4.31 Å². The van der Waals surface area contributed by atoms with E-state index < -0.39 is 28.1 Å². The van der Waals surface area contributed by atoms with Gasteiger partial charge in [0.2, 0.25) is 10.0 Å². The molecule has 0 aliphatic heterocycles. The van der Waals surface area contributed by atoms with Gasteiger partial charge in [0.05, 0.1) is 4.90 Å². The van der Waals surface area contributed by atoms with Crippen molar-refractivity contribution >= 4 is 21.7 Å². The third kappa shape index (κ3) is 3.83. The van der Waals surface area contributed by atoms with Crippen LogP contribution in [0, 0.1) is 0 Å². The Balaban J connectivity index is 3.34. The Morgan fingerprint density at radius 2 is 1.90 bits per heavy atom. The van der Waals surface area contributed by atoms with Crippen molar-refractivity contribution in [1.82, 2.24) is 4.31 Å². The highest BCUT2D eigenvalue weighted by Crippen LogP contribution is 2.23. The Kier molecular flexibility index (Phi) is 5.51. The maximum atomic E-state index is 12.7. The monoisotopic (exact) mass is 312 g/mol. The summed E-state index contributed by atoms with van der Waals surface area (Å²) in [5.41, 5.74) is 5.98. The molecule has 0 amide bonds. The largest absolute Gasteiger partial charge is 0.480 e. The first-order chi connectivity index (χ1) is 9.71. The molecule has 1 aromatic carbocycles. The van der Waals surface area contributed by atoms with E-state index >= 15 is 0 Å². The summed E-state index contributed by atoms with van der Waals surface area (Å²) in [5.74, 6) is -1.21. The van der Waals surface area contributed by atoms with Gasteiger partial charge in [-0.25, -0.2) is 8.42 Å². The maximum Gasteiger partial charge on any atom is 0.322 e. The number of carbonyl (C=O) groups is 1. The predicted octanol–water partition coefficient (Wildman–Crippen LogP) is 1.70. The Morgan fingerprint density at radius 3 is 2.29 bits per heavy atom. The lowest BCUT2D eigenvalue weighted by atomic mass is 10.2. The maximum absolute atomic E-state index is 12.7. The second kappa shape index (κ2) is 6.73. The van der Waals surface area contributed by atoms with E-state index in [0.717, 1.165) is 4.31 Å². The smallest absolute Gasteiger partial charge is 0.322 e. The predicted molar refractivity (Wildman–Crippen MR) is 81.3 cm³/mol. The van der Waals surface area contributed by atoms with E-state index in [1.54, 1.807) is 13.8 Å². The number of nitrogen functional groups attached to an aromatic ring is 1. The van der Waals surface area contributed by atoms with Gasteiger partial charge in [0.15, 0.2) is 0 Å². The summed E-state index contributed by atoms with van der Waals surface area (Å²) in [6.45, 7) is 6.76. The van der Waals surface area contributed by atoms with Crippen molar-refractivity contribution in [2.45, 2.75) is 37.2 Å². The van der Waals surface area contributed by atoms with Gasteiger partial charge in [0.1, 0.15) is 6.04 Å². The third-order valence-corrected chi connectivity index (χ3v) is 5.05. The van der Waals surface area contributed by atoms with E-state index in [1.807, 2.05) is 0 Å². The van der Waals surface area contributed by atoms with E-state index in [1.165, 1.54) is 30.3 Å². The molecule has 0 fully saturated rings. The highest BCUT2D eigenvalue weighted by Gasteiger charge is 2.37. The fourth-order valence-electron chi connectivity index (χ4n) is 2.04. The van der Waals surface area contributed by atoms with Gasteiger partial charge in [-0.3, -0.25) is 4.79 Å². The number of hydrogen-bond acceptors (Lipinski definition) is 4. The molecule has 1 atom stereocenters. The fourth-order valence-corrected chi connectivity index (χ4v) is 3.83. The molecule has 1 rings (SSSR count). The summed E-state index contributed by atoms with van der Waals surface area (Å²) in [6.07, 6.45) is 1.42. The van der Waals surface area contributed by atoms with E-state index in [4.69, 9.17) is 5.73 Å². The first kappa shape index (κ1) is 17.2. The molecule has 116 valence electrons. The summed E-state index contributed by atoms with van der Waals surface area (Å²) >= 11 is 0. The number of anilines is 1.